The molecule has 7 nitrogen and oxygen atoms in total. The van der Waals surface area contributed by atoms with Crippen molar-refractivity contribution < 1.29 is 4.79 Å². The van der Waals surface area contributed by atoms with Gasteiger partial charge in [-0.3, -0.25) is 14.2 Å². The summed E-state index contributed by atoms with van der Waals surface area (Å²) in [5.41, 5.74) is 7.38. The number of hydrogen-bond acceptors (Lipinski definition) is 4. The quantitative estimate of drug-likeness (QED) is 0.681. The van der Waals surface area contributed by atoms with Crippen LogP contribution in [0.5, 0.6) is 0 Å². The van der Waals surface area contributed by atoms with Crippen LogP contribution in [0.3, 0.4) is 0 Å². The van der Waals surface area contributed by atoms with Crippen molar-refractivity contribution in [3.8, 4) is 0 Å². The monoisotopic (exact) mass is 414 g/mol. The Balaban J connectivity index is 0.00000240. The van der Waals surface area contributed by atoms with E-state index in [0.717, 1.165) is 10.1 Å². The molecule has 0 saturated carbocycles. The van der Waals surface area contributed by atoms with Crippen LogP contribution in [0.15, 0.2) is 58.1 Å². The number of aromatic nitrogens is 2. The normalized spacial score (nSPS) is 18.6. The number of nitrogens with one attached hydrogen (secondary N) is 1. The minimum absolute atomic E-state index is 0. The first-order chi connectivity index (χ1) is 13.5. The topological polar surface area (TPSA) is 101 Å². The lowest BCUT2D eigenvalue weighted by Gasteiger charge is -2.17. The van der Waals surface area contributed by atoms with Crippen molar-refractivity contribution in [3.63, 3.8) is 0 Å². The van der Waals surface area contributed by atoms with Gasteiger partial charge in [-0.25, -0.2) is 4.79 Å². The van der Waals surface area contributed by atoms with Crippen LogP contribution in [0.4, 0.5) is 0 Å². The van der Waals surface area contributed by atoms with Crippen LogP contribution in [-0.4, -0.2) is 39.5 Å². The van der Waals surface area contributed by atoms with Crippen LogP contribution >= 0.6 is 12.4 Å². The van der Waals surface area contributed by atoms with E-state index in [-0.39, 0.29) is 42.4 Å². The lowest BCUT2D eigenvalue weighted by atomic mass is 9.95. The smallest absolute Gasteiger partial charge is 0.328 e. The van der Waals surface area contributed by atoms with Gasteiger partial charge in [0.2, 0.25) is 0 Å². The van der Waals surface area contributed by atoms with Crippen molar-refractivity contribution >= 4 is 29.2 Å². The molecule has 2 atom stereocenters. The van der Waals surface area contributed by atoms with Crippen molar-refractivity contribution in [2.75, 3.05) is 13.1 Å². The highest BCUT2D eigenvalue weighted by molar-refractivity contribution is 5.97. The lowest BCUT2D eigenvalue weighted by molar-refractivity contribution is 0.0789. The molecule has 0 bridgehead atoms. The number of carbonyl (C=O) groups is 1. The predicted molar refractivity (Wildman–Crippen MR) is 115 cm³/mol. The molecule has 0 radical (unpaired) electrons. The fourth-order valence-corrected chi connectivity index (χ4v) is 3.91. The number of hydrogen-bond donors (Lipinski definition) is 2. The zero-order valence-corrected chi connectivity index (χ0v) is 16.8. The average Bonchev–Trinajstić information content (AvgIpc) is 3.09. The summed E-state index contributed by atoms with van der Waals surface area (Å²) in [4.78, 5) is 41.9. The third-order valence-corrected chi connectivity index (χ3v) is 5.43. The van der Waals surface area contributed by atoms with Gasteiger partial charge >= 0.3 is 5.69 Å². The van der Waals surface area contributed by atoms with Crippen molar-refractivity contribution in [2.45, 2.75) is 25.4 Å². The van der Waals surface area contributed by atoms with Gasteiger partial charge in [0.1, 0.15) is 0 Å². The third kappa shape index (κ3) is 3.71. The molecule has 2 aromatic carbocycles. The van der Waals surface area contributed by atoms with E-state index in [2.05, 4.69) is 4.98 Å². The fraction of sp³-hybridized carbons (Fsp3) is 0.286. The van der Waals surface area contributed by atoms with Crippen LogP contribution in [0, 0.1) is 0 Å². The lowest BCUT2D eigenvalue weighted by Crippen LogP contribution is -2.35. The molecule has 1 amide bonds. The van der Waals surface area contributed by atoms with Gasteiger partial charge < -0.3 is 15.6 Å². The molecule has 1 fully saturated rings. The first-order valence-electron chi connectivity index (χ1n) is 9.36. The SMILES string of the molecule is CCn1c(=O)[nH]c2cc(C(=O)N3C[C@@H](N)[C@H](c4ccccc4)C3)ccc2c1=O.Cl. The summed E-state index contributed by atoms with van der Waals surface area (Å²) in [7, 11) is 0. The number of aromatic amines is 1. The van der Waals surface area contributed by atoms with E-state index in [0.29, 0.717) is 29.6 Å². The van der Waals surface area contributed by atoms with Gasteiger partial charge in [0.05, 0.1) is 10.9 Å². The number of benzene rings is 2. The summed E-state index contributed by atoms with van der Waals surface area (Å²) in [6.45, 7) is 3.03. The maximum Gasteiger partial charge on any atom is 0.328 e. The Labute approximate surface area is 173 Å². The van der Waals surface area contributed by atoms with Crippen LogP contribution in [0.25, 0.3) is 10.9 Å². The molecule has 1 aromatic heterocycles. The first kappa shape index (κ1) is 20.8. The number of rotatable bonds is 3. The van der Waals surface area contributed by atoms with E-state index in [9.17, 15) is 14.4 Å². The first-order valence-corrected chi connectivity index (χ1v) is 9.36. The predicted octanol–water partition coefficient (Wildman–Crippen LogP) is 1.70. The molecule has 2 heterocycles. The van der Waals surface area contributed by atoms with Gasteiger partial charge in [-0.2, -0.15) is 0 Å². The summed E-state index contributed by atoms with van der Waals surface area (Å²) in [5, 5.41) is 0.387. The van der Waals surface area contributed by atoms with Crippen molar-refractivity contribution in [2.24, 2.45) is 5.73 Å². The molecule has 4 rings (SSSR count). The average molecular weight is 415 g/mol. The van der Waals surface area contributed by atoms with Crippen molar-refractivity contribution in [3.05, 3.63) is 80.5 Å². The van der Waals surface area contributed by atoms with Crippen LogP contribution in [0.1, 0.15) is 28.8 Å². The summed E-state index contributed by atoms with van der Waals surface area (Å²) < 4.78 is 1.13. The van der Waals surface area contributed by atoms with Gasteiger partial charge in [0.25, 0.3) is 11.5 Å². The molecular formula is C21H23ClN4O3. The molecule has 1 saturated heterocycles. The van der Waals surface area contributed by atoms with Crippen LogP contribution in [-0.2, 0) is 6.54 Å². The molecule has 3 aromatic rings. The van der Waals surface area contributed by atoms with Crippen LogP contribution in [0.2, 0.25) is 0 Å². The number of nitrogens with two attached hydrogens (primary N) is 1. The van der Waals surface area contributed by atoms with Gasteiger partial charge in [0, 0.05) is 37.2 Å². The maximum absolute atomic E-state index is 13.0. The molecule has 0 aliphatic carbocycles. The second kappa shape index (κ2) is 8.23. The van der Waals surface area contributed by atoms with Crippen LogP contribution < -0.4 is 17.0 Å². The molecule has 0 spiro atoms. The minimum atomic E-state index is -0.475. The zero-order valence-electron chi connectivity index (χ0n) is 16.0. The second-order valence-electron chi connectivity index (χ2n) is 7.13. The Morgan fingerprint density at radius 1 is 1.14 bits per heavy atom. The van der Waals surface area contributed by atoms with E-state index in [1.165, 1.54) is 0 Å². The van der Waals surface area contributed by atoms with Gasteiger partial charge in [0.15, 0.2) is 0 Å². The molecular weight excluding hydrogens is 392 g/mol. The van der Waals surface area contributed by atoms with E-state index in [4.69, 9.17) is 5.73 Å². The van der Waals surface area contributed by atoms with E-state index in [1.807, 2.05) is 30.3 Å². The standard InChI is InChI=1S/C21H22N4O3.ClH/c1-2-25-20(27)15-9-8-14(10-18(15)23-21(25)28)19(26)24-11-16(17(22)12-24)13-6-4-3-5-7-13;/h3-10,16-17H,2,11-12,22H2,1H3,(H,23,28);1H/t16-,17+;/m0./s1. The highest BCUT2D eigenvalue weighted by Crippen LogP contribution is 2.27. The Bertz CT molecular complexity index is 1160. The maximum atomic E-state index is 13.0. The molecule has 8 heteroatoms. The summed E-state index contributed by atoms with van der Waals surface area (Å²) in [6.07, 6.45) is 0. The number of amides is 1. The van der Waals surface area contributed by atoms with Gasteiger partial charge in [-0.15, -0.1) is 12.4 Å². The highest BCUT2D eigenvalue weighted by atomic mass is 35.5. The number of halogens is 1. The minimum Gasteiger partial charge on any atom is -0.336 e. The Morgan fingerprint density at radius 2 is 1.86 bits per heavy atom. The number of likely N-dealkylation sites (tertiary alicyclic amines) is 1. The summed E-state index contributed by atoms with van der Waals surface area (Å²) in [5.74, 6) is -0.0709. The molecule has 0 unspecified atom stereocenters. The molecule has 3 N–H and O–H groups in total. The molecule has 29 heavy (non-hydrogen) atoms. The van der Waals surface area contributed by atoms with E-state index < -0.39 is 5.69 Å². The number of nitrogens with zero attached hydrogens (tertiary/aromatic N) is 2. The number of carbonyl (C=O) groups excluding carboxylic acids is 1. The summed E-state index contributed by atoms with van der Waals surface area (Å²) in [6, 6.07) is 14.6. The van der Waals surface area contributed by atoms with Crippen molar-refractivity contribution in [1.29, 1.82) is 0 Å². The number of H-pyrrole nitrogens is 1. The highest BCUT2D eigenvalue weighted by Gasteiger charge is 2.34. The third-order valence-electron chi connectivity index (χ3n) is 5.43. The fourth-order valence-electron chi connectivity index (χ4n) is 3.91. The number of fused-ring (bicyclic) bond motifs is 1. The van der Waals surface area contributed by atoms with Crippen molar-refractivity contribution in [1.82, 2.24) is 14.5 Å². The molecule has 152 valence electrons. The largest absolute Gasteiger partial charge is 0.336 e. The van der Waals surface area contributed by atoms with Gasteiger partial charge in [-0.05, 0) is 30.7 Å². The van der Waals surface area contributed by atoms with E-state index >= 15 is 0 Å². The second-order valence-corrected chi connectivity index (χ2v) is 7.13. The Hall–Kier alpha value is -2.90. The molecule has 1 aliphatic rings. The van der Waals surface area contributed by atoms with E-state index in [1.54, 1.807) is 30.0 Å². The summed E-state index contributed by atoms with van der Waals surface area (Å²) >= 11 is 0. The van der Waals surface area contributed by atoms with Gasteiger partial charge in [-0.1, -0.05) is 30.3 Å². The Morgan fingerprint density at radius 3 is 2.55 bits per heavy atom. The zero-order chi connectivity index (χ0) is 19.8. The Kier molecular flexibility index (Phi) is 5.91. The molecule has 1 aliphatic heterocycles.